The third-order valence-electron chi connectivity index (χ3n) is 4.34. The second-order valence-corrected chi connectivity index (χ2v) is 6.94. The molecule has 116 valence electrons. The van der Waals surface area contributed by atoms with Crippen LogP contribution in [0.15, 0.2) is 0 Å². The Hall–Kier alpha value is -1.73. The van der Waals surface area contributed by atoms with Crippen molar-refractivity contribution in [1.82, 2.24) is 20.5 Å². The van der Waals surface area contributed by atoms with Crippen LogP contribution in [0.3, 0.4) is 0 Å². The van der Waals surface area contributed by atoms with Crippen LogP contribution in [0.2, 0.25) is 0 Å². The smallest absolute Gasteiger partial charge is 0.278 e. The van der Waals surface area contributed by atoms with Crippen molar-refractivity contribution in [3.05, 3.63) is 27.5 Å². The Morgan fingerprint density at radius 3 is 3.05 bits per heavy atom. The summed E-state index contributed by atoms with van der Waals surface area (Å²) in [4.78, 5) is 18.4. The number of hydrogen-bond donors (Lipinski definition) is 3. The minimum absolute atomic E-state index is 0.162. The molecule has 2 aromatic rings. The van der Waals surface area contributed by atoms with E-state index in [0.29, 0.717) is 17.4 Å². The molecule has 0 unspecified atom stereocenters. The first-order valence-electron chi connectivity index (χ1n) is 7.88. The predicted octanol–water partition coefficient (Wildman–Crippen LogP) is 2.03. The van der Waals surface area contributed by atoms with Gasteiger partial charge in [-0.3, -0.25) is 15.2 Å². The van der Waals surface area contributed by atoms with Crippen LogP contribution in [-0.4, -0.2) is 27.6 Å². The SMILES string of the molecule is O=C(Nc1nc2c(s1)CCCCC2)c1n[nH]c2c1CNCC2. The number of aryl methyl sites for hydroxylation is 2. The number of aromatic nitrogens is 3. The molecule has 2 aliphatic rings. The fourth-order valence-corrected chi connectivity index (χ4v) is 4.20. The van der Waals surface area contributed by atoms with Gasteiger partial charge in [-0.25, -0.2) is 4.98 Å². The van der Waals surface area contributed by atoms with Gasteiger partial charge in [-0.05, 0) is 25.7 Å². The largest absolute Gasteiger partial charge is 0.312 e. The number of hydrogen-bond acceptors (Lipinski definition) is 5. The van der Waals surface area contributed by atoms with E-state index in [0.717, 1.165) is 37.1 Å². The third-order valence-corrected chi connectivity index (χ3v) is 5.41. The molecule has 4 rings (SSSR count). The van der Waals surface area contributed by atoms with E-state index >= 15 is 0 Å². The lowest BCUT2D eigenvalue weighted by molar-refractivity contribution is 0.102. The summed E-state index contributed by atoms with van der Waals surface area (Å²) < 4.78 is 0. The first-order chi connectivity index (χ1) is 10.8. The fraction of sp³-hybridized carbons (Fsp3) is 0.533. The molecule has 3 heterocycles. The highest BCUT2D eigenvalue weighted by Gasteiger charge is 2.23. The van der Waals surface area contributed by atoms with Crippen molar-refractivity contribution in [2.75, 3.05) is 11.9 Å². The van der Waals surface area contributed by atoms with E-state index in [4.69, 9.17) is 0 Å². The van der Waals surface area contributed by atoms with Crippen LogP contribution in [0.4, 0.5) is 5.13 Å². The molecule has 0 fully saturated rings. The average molecular weight is 317 g/mol. The fourth-order valence-electron chi connectivity index (χ4n) is 3.15. The summed E-state index contributed by atoms with van der Waals surface area (Å²) in [6.45, 7) is 1.62. The Bertz CT molecular complexity index is 681. The maximum atomic E-state index is 12.5. The molecule has 7 heteroatoms. The lowest BCUT2D eigenvalue weighted by Gasteiger charge is -2.12. The number of thiazole rings is 1. The highest BCUT2D eigenvalue weighted by molar-refractivity contribution is 7.15. The van der Waals surface area contributed by atoms with Crippen molar-refractivity contribution in [3.8, 4) is 0 Å². The Balaban J connectivity index is 1.54. The zero-order valence-corrected chi connectivity index (χ0v) is 13.2. The average Bonchev–Trinajstić information content (AvgIpc) is 3.05. The molecule has 6 nitrogen and oxygen atoms in total. The topological polar surface area (TPSA) is 82.7 Å². The van der Waals surface area contributed by atoms with Gasteiger partial charge in [0.2, 0.25) is 0 Å². The Morgan fingerprint density at radius 1 is 1.18 bits per heavy atom. The van der Waals surface area contributed by atoms with Gasteiger partial charge in [0.05, 0.1) is 5.69 Å². The van der Waals surface area contributed by atoms with E-state index in [9.17, 15) is 4.79 Å². The summed E-state index contributed by atoms with van der Waals surface area (Å²) in [6, 6.07) is 0. The number of carbonyl (C=O) groups is 1. The van der Waals surface area contributed by atoms with Crippen LogP contribution >= 0.6 is 11.3 Å². The standard InChI is InChI=1S/C15H19N5OS/c21-14(13-9-8-16-7-6-10(9)19-20-13)18-15-17-11-4-2-1-3-5-12(11)22-15/h16H,1-8H2,(H,19,20)(H,17,18,21). The third kappa shape index (κ3) is 2.55. The zero-order chi connectivity index (χ0) is 14.9. The summed E-state index contributed by atoms with van der Waals surface area (Å²) in [7, 11) is 0. The molecule has 1 aliphatic heterocycles. The Labute approximate surface area is 132 Å². The van der Waals surface area contributed by atoms with Crippen molar-refractivity contribution in [2.45, 2.75) is 45.1 Å². The van der Waals surface area contributed by atoms with E-state index < -0.39 is 0 Å². The number of carbonyl (C=O) groups excluding carboxylic acids is 1. The summed E-state index contributed by atoms with van der Waals surface area (Å²) in [6.07, 6.45) is 6.70. The normalized spacial score (nSPS) is 17.5. The van der Waals surface area contributed by atoms with Crippen molar-refractivity contribution >= 4 is 22.4 Å². The van der Waals surface area contributed by atoms with E-state index in [-0.39, 0.29) is 5.91 Å². The van der Waals surface area contributed by atoms with Gasteiger partial charge in [0.1, 0.15) is 0 Å². The highest BCUT2D eigenvalue weighted by Crippen LogP contribution is 2.29. The van der Waals surface area contributed by atoms with E-state index in [1.165, 1.54) is 29.8 Å². The number of anilines is 1. The summed E-state index contributed by atoms with van der Waals surface area (Å²) in [5.41, 5.74) is 3.72. The van der Waals surface area contributed by atoms with Crippen molar-refractivity contribution in [2.24, 2.45) is 0 Å². The van der Waals surface area contributed by atoms with Gasteiger partial charge in [-0.1, -0.05) is 6.42 Å². The predicted molar refractivity (Wildman–Crippen MR) is 85.3 cm³/mol. The molecular weight excluding hydrogens is 298 g/mol. The minimum atomic E-state index is -0.162. The van der Waals surface area contributed by atoms with Gasteiger partial charge < -0.3 is 5.32 Å². The van der Waals surface area contributed by atoms with Crippen molar-refractivity contribution in [1.29, 1.82) is 0 Å². The van der Waals surface area contributed by atoms with Gasteiger partial charge in [0.25, 0.3) is 5.91 Å². The molecule has 0 saturated carbocycles. The number of nitrogens with one attached hydrogen (secondary N) is 3. The second-order valence-electron chi connectivity index (χ2n) is 5.86. The van der Waals surface area contributed by atoms with Crippen LogP contribution in [0, 0.1) is 0 Å². The number of amides is 1. The van der Waals surface area contributed by atoms with Gasteiger partial charge >= 0.3 is 0 Å². The summed E-state index contributed by atoms with van der Waals surface area (Å²) in [5.74, 6) is -0.162. The molecule has 2 aromatic heterocycles. The number of nitrogens with zero attached hydrogens (tertiary/aromatic N) is 2. The molecule has 0 radical (unpaired) electrons. The first kappa shape index (κ1) is 13.9. The van der Waals surface area contributed by atoms with Crippen LogP contribution in [0.5, 0.6) is 0 Å². The summed E-state index contributed by atoms with van der Waals surface area (Å²) >= 11 is 1.61. The Morgan fingerprint density at radius 2 is 2.09 bits per heavy atom. The lowest BCUT2D eigenvalue weighted by Crippen LogP contribution is -2.25. The quantitative estimate of drug-likeness (QED) is 0.740. The van der Waals surface area contributed by atoms with E-state index in [1.807, 2.05) is 0 Å². The molecule has 0 spiro atoms. The number of fused-ring (bicyclic) bond motifs is 2. The monoisotopic (exact) mass is 317 g/mol. The highest BCUT2D eigenvalue weighted by atomic mass is 32.1. The lowest BCUT2D eigenvalue weighted by atomic mass is 10.1. The maximum Gasteiger partial charge on any atom is 0.278 e. The first-order valence-corrected chi connectivity index (χ1v) is 8.69. The second kappa shape index (κ2) is 5.81. The number of aromatic amines is 1. The zero-order valence-electron chi connectivity index (χ0n) is 12.4. The van der Waals surface area contributed by atoms with Gasteiger partial charge in [-0.2, -0.15) is 5.10 Å². The van der Waals surface area contributed by atoms with Crippen LogP contribution in [0.1, 0.15) is 51.6 Å². The van der Waals surface area contributed by atoms with Crippen molar-refractivity contribution in [3.63, 3.8) is 0 Å². The van der Waals surface area contributed by atoms with Gasteiger partial charge in [0.15, 0.2) is 10.8 Å². The van der Waals surface area contributed by atoms with Gasteiger partial charge in [0, 0.05) is 35.6 Å². The van der Waals surface area contributed by atoms with E-state index in [2.05, 4.69) is 25.8 Å². The van der Waals surface area contributed by atoms with Gasteiger partial charge in [-0.15, -0.1) is 11.3 Å². The molecule has 22 heavy (non-hydrogen) atoms. The molecule has 0 aromatic carbocycles. The molecular formula is C15H19N5OS. The molecule has 0 bridgehead atoms. The molecule has 0 saturated heterocycles. The molecule has 3 N–H and O–H groups in total. The van der Waals surface area contributed by atoms with Crippen LogP contribution in [0.25, 0.3) is 0 Å². The molecule has 0 atom stereocenters. The maximum absolute atomic E-state index is 12.5. The van der Waals surface area contributed by atoms with Crippen molar-refractivity contribution < 1.29 is 4.79 Å². The van der Waals surface area contributed by atoms with E-state index in [1.54, 1.807) is 11.3 Å². The summed E-state index contributed by atoms with van der Waals surface area (Å²) in [5, 5.41) is 14.1. The minimum Gasteiger partial charge on any atom is -0.312 e. The molecule has 1 amide bonds. The van der Waals surface area contributed by atoms with Crippen LogP contribution < -0.4 is 10.6 Å². The molecule has 1 aliphatic carbocycles. The number of H-pyrrole nitrogens is 1. The van der Waals surface area contributed by atoms with Crippen LogP contribution in [-0.2, 0) is 25.8 Å². The Kier molecular flexibility index (Phi) is 3.67. The number of rotatable bonds is 2.